The largest absolute Gasteiger partial charge is 0.481 e. The number of amides is 4. The molecule has 2 aromatic carbocycles. The molecule has 0 aliphatic rings. The van der Waals surface area contributed by atoms with E-state index in [0.717, 1.165) is 16.3 Å². The number of carbonyl (C=O) groups is 6. The van der Waals surface area contributed by atoms with Gasteiger partial charge in [0.15, 0.2) is 6.67 Å². The van der Waals surface area contributed by atoms with E-state index < -0.39 is 67.0 Å². The minimum atomic E-state index is -1.52. The molecule has 2 rings (SSSR count). The number of urea groups is 1. The van der Waals surface area contributed by atoms with Gasteiger partial charge in [0.2, 0.25) is 5.91 Å². The average Bonchev–Trinajstić information content (AvgIpc) is 2.93. The Morgan fingerprint density at radius 2 is 1.39 bits per heavy atom. The van der Waals surface area contributed by atoms with Gasteiger partial charge in [0, 0.05) is 19.4 Å². The fraction of sp³-hybridized carbons (Fsp3) is 0.407. The van der Waals surface area contributed by atoms with Crippen molar-refractivity contribution < 1.29 is 48.5 Å². The topological polar surface area (TPSA) is 211 Å². The van der Waals surface area contributed by atoms with Crippen LogP contribution in [0.1, 0.15) is 37.7 Å². The van der Waals surface area contributed by atoms with E-state index in [1.54, 1.807) is 0 Å². The lowest BCUT2D eigenvalue weighted by Crippen LogP contribution is -2.51. The molecule has 13 nitrogen and oxygen atoms in total. The van der Waals surface area contributed by atoms with Gasteiger partial charge in [0.05, 0.1) is 0 Å². The maximum Gasteiger partial charge on any atom is 0.326 e. The Kier molecular flexibility index (Phi) is 13.0. The molecule has 0 bridgehead atoms. The Bertz CT molecular complexity index is 1260. The van der Waals surface area contributed by atoms with Crippen molar-refractivity contribution in [3.8, 4) is 0 Å². The van der Waals surface area contributed by atoms with Gasteiger partial charge in [0.1, 0.15) is 18.1 Å². The zero-order valence-corrected chi connectivity index (χ0v) is 22.1. The Balaban J connectivity index is 1.86. The van der Waals surface area contributed by atoms with Gasteiger partial charge in [-0.05, 0) is 42.0 Å². The number of carboxylic acid groups (broad SMARTS) is 3. The van der Waals surface area contributed by atoms with Gasteiger partial charge in [-0.3, -0.25) is 14.4 Å². The lowest BCUT2D eigenvalue weighted by atomic mass is 10.0. The van der Waals surface area contributed by atoms with Crippen LogP contribution in [0.15, 0.2) is 42.5 Å². The monoisotopic (exact) mass is 576 g/mol. The van der Waals surface area contributed by atoms with Crippen LogP contribution in [0.4, 0.5) is 9.18 Å². The van der Waals surface area contributed by atoms with Gasteiger partial charge in [0.25, 0.3) is 5.91 Å². The molecule has 0 heterocycles. The lowest BCUT2D eigenvalue weighted by Gasteiger charge is -2.19. The highest BCUT2D eigenvalue weighted by atomic mass is 19.1. The first-order valence-corrected chi connectivity index (χ1v) is 12.8. The molecule has 222 valence electrons. The molecule has 3 atom stereocenters. The highest BCUT2D eigenvalue weighted by molar-refractivity contribution is 5.89. The van der Waals surface area contributed by atoms with Gasteiger partial charge in [-0.15, -0.1) is 0 Å². The van der Waals surface area contributed by atoms with Crippen LogP contribution in [0.25, 0.3) is 10.8 Å². The number of carbonyl (C=O) groups excluding carboxylic acids is 3. The summed E-state index contributed by atoms with van der Waals surface area (Å²) in [4.78, 5) is 70.0. The summed E-state index contributed by atoms with van der Waals surface area (Å²) in [6.07, 6.45) is -0.286. The van der Waals surface area contributed by atoms with Crippen LogP contribution >= 0.6 is 0 Å². The molecule has 14 heteroatoms. The highest BCUT2D eigenvalue weighted by Crippen LogP contribution is 2.17. The van der Waals surface area contributed by atoms with Crippen LogP contribution in [-0.4, -0.2) is 82.4 Å². The molecule has 0 saturated heterocycles. The molecule has 3 unspecified atom stereocenters. The summed E-state index contributed by atoms with van der Waals surface area (Å²) in [7, 11) is 0. The van der Waals surface area contributed by atoms with Gasteiger partial charge in [-0.1, -0.05) is 42.5 Å². The molecule has 2 aromatic rings. The third-order valence-electron chi connectivity index (χ3n) is 6.10. The molecule has 0 fully saturated rings. The summed E-state index contributed by atoms with van der Waals surface area (Å²) in [5, 5.41) is 38.3. The minimum absolute atomic E-state index is 0.0510. The molecule has 0 aromatic heterocycles. The Morgan fingerprint density at radius 1 is 0.756 bits per heavy atom. The number of halogens is 1. The van der Waals surface area contributed by atoms with E-state index >= 15 is 0 Å². The molecule has 4 amide bonds. The quantitative estimate of drug-likeness (QED) is 0.135. The molecule has 0 saturated carbocycles. The summed E-state index contributed by atoms with van der Waals surface area (Å²) >= 11 is 0. The zero-order chi connectivity index (χ0) is 30.4. The van der Waals surface area contributed by atoms with Crippen molar-refractivity contribution in [2.75, 3.05) is 13.2 Å². The van der Waals surface area contributed by atoms with Crippen LogP contribution in [0.3, 0.4) is 0 Å². The number of hydrogen-bond donors (Lipinski definition) is 7. The first-order chi connectivity index (χ1) is 19.5. The predicted molar refractivity (Wildman–Crippen MR) is 144 cm³/mol. The van der Waals surface area contributed by atoms with Crippen molar-refractivity contribution in [1.29, 1.82) is 0 Å². The van der Waals surface area contributed by atoms with E-state index in [1.807, 2.05) is 47.8 Å². The van der Waals surface area contributed by atoms with Crippen molar-refractivity contribution in [1.82, 2.24) is 21.3 Å². The SMILES string of the molecule is O=C(O)CCC(NC(=O)NC(CCCCNC(=O)C(Cc1ccc2ccccc2c1)NC(=O)CF)C(=O)O)C(=O)O. The van der Waals surface area contributed by atoms with Crippen LogP contribution in [0.2, 0.25) is 0 Å². The molecule has 0 aliphatic heterocycles. The molecule has 41 heavy (non-hydrogen) atoms. The Morgan fingerprint density at radius 3 is 2.00 bits per heavy atom. The van der Waals surface area contributed by atoms with Gasteiger partial charge in [-0.25, -0.2) is 18.8 Å². The summed E-state index contributed by atoms with van der Waals surface area (Å²) in [5.41, 5.74) is 0.754. The van der Waals surface area contributed by atoms with Crippen molar-refractivity contribution in [3.63, 3.8) is 0 Å². The van der Waals surface area contributed by atoms with Crippen LogP contribution in [0.5, 0.6) is 0 Å². The number of unbranched alkanes of at least 4 members (excludes halogenated alkanes) is 1. The molecular formula is C27H33FN4O9. The fourth-order valence-corrected chi connectivity index (χ4v) is 3.99. The van der Waals surface area contributed by atoms with Gasteiger partial charge >= 0.3 is 23.9 Å². The van der Waals surface area contributed by atoms with E-state index in [-0.39, 0.29) is 32.2 Å². The molecule has 0 spiro atoms. The number of carboxylic acids is 3. The van der Waals surface area contributed by atoms with Crippen molar-refractivity contribution in [2.45, 2.75) is 56.7 Å². The first-order valence-electron chi connectivity index (χ1n) is 12.8. The average molecular weight is 577 g/mol. The second kappa shape index (κ2) is 16.4. The van der Waals surface area contributed by atoms with Gasteiger partial charge in [-0.2, -0.15) is 0 Å². The number of alkyl halides is 1. The lowest BCUT2D eigenvalue weighted by molar-refractivity contribution is -0.141. The number of aliphatic carboxylic acids is 3. The van der Waals surface area contributed by atoms with Crippen LogP contribution < -0.4 is 21.3 Å². The second-order valence-electron chi connectivity index (χ2n) is 9.26. The summed E-state index contributed by atoms with van der Waals surface area (Å²) in [6.45, 7) is -1.18. The van der Waals surface area contributed by atoms with Crippen LogP contribution in [0, 0.1) is 0 Å². The third-order valence-corrected chi connectivity index (χ3v) is 6.10. The number of benzene rings is 2. The van der Waals surface area contributed by atoms with Gasteiger partial charge < -0.3 is 36.6 Å². The minimum Gasteiger partial charge on any atom is -0.481 e. The predicted octanol–water partition coefficient (Wildman–Crippen LogP) is 1.19. The maximum atomic E-state index is 12.8. The number of hydrogen-bond acceptors (Lipinski definition) is 6. The highest BCUT2D eigenvalue weighted by Gasteiger charge is 2.25. The van der Waals surface area contributed by atoms with Crippen molar-refractivity contribution in [3.05, 3.63) is 48.0 Å². The Labute approximate surface area is 234 Å². The van der Waals surface area contributed by atoms with Crippen molar-refractivity contribution >= 4 is 46.5 Å². The third kappa shape index (κ3) is 11.5. The summed E-state index contributed by atoms with van der Waals surface area (Å²) < 4.78 is 12.8. The molecule has 0 aliphatic carbocycles. The van der Waals surface area contributed by atoms with E-state index in [0.29, 0.717) is 6.42 Å². The second-order valence-corrected chi connectivity index (χ2v) is 9.26. The fourth-order valence-electron chi connectivity index (χ4n) is 3.99. The Hall–Kier alpha value is -4.75. The first kappa shape index (κ1) is 32.5. The summed E-state index contributed by atoms with van der Waals surface area (Å²) in [5.74, 6) is -5.57. The van der Waals surface area contributed by atoms with Crippen molar-refractivity contribution in [2.24, 2.45) is 0 Å². The van der Waals surface area contributed by atoms with E-state index in [4.69, 9.17) is 10.2 Å². The molecule has 0 radical (unpaired) electrons. The number of nitrogens with one attached hydrogen (secondary N) is 4. The maximum absolute atomic E-state index is 12.8. The smallest absolute Gasteiger partial charge is 0.326 e. The zero-order valence-electron chi connectivity index (χ0n) is 22.1. The van der Waals surface area contributed by atoms with Crippen LogP contribution in [-0.2, 0) is 30.4 Å². The standard InChI is InChI=1S/C27H33FN4O9/c28-15-22(33)30-21(14-16-8-9-17-5-1-2-6-18(17)13-16)24(36)29-12-4-3-7-19(25(37)38)31-27(41)32-20(26(39)40)10-11-23(34)35/h1-2,5-6,8-9,13,19-21H,3-4,7,10-12,14-15H2,(H,29,36)(H,30,33)(H,34,35)(H,37,38)(H,39,40)(H2,31,32,41). The normalized spacial score (nSPS) is 12.9. The molecular weight excluding hydrogens is 543 g/mol. The van der Waals surface area contributed by atoms with E-state index in [2.05, 4.69) is 16.0 Å². The molecule has 7 N–H and O–H groups in total. The van der Waals surface area contributed by atoms with E-state index in [1.165, 1.54) is 0 Å². The number of fused-ring (bicyclic) bond motifs is 1. The van der Waals surface area contributed by atoms with E-state index in [9.17, 15) is 38.3 Å². The summed E-state index contributed by atoms with van der Waals surface area (Å²) in [6, 6.07) is 8.14. The number of rotatable bonds is 17.